The molecule has 0 atom stereocenters. The Labute approximate surface area is 171 Å². The van der Waals surface area contributed by atoms with Gasteiger partial charge >= 0.3 is 0 Å². The lowest BCUT2D eigenvalue weighted by Crippen LogP contribution is -1.89. The maximum absolute atomic E-state index is 5.74. The number of anilines is 2. The van der Waals surface area contributed by atoms with Crippen molar-refractivity contribution in [1.82, 2.24) is 15.2 Å². The first kappa shape index (κ1) is 18.5. The van der Waals surface area contributed by atoms with Crippen molar-refractivity contribution in [2.45, 2.75) is 17.4 Å². The first-order chi connectivity index (χ1) is 13.8. The van der Waals surface area contributed by atoms with Gasteiger partial charge in [0.15, 0.2) is 5.13 Å². The van der Waals surface area contributed by atoms with E-state index < -0.39 is 0 Å². The molecule has 0 saturated carbocycles. The average Bonchev–Trinajstić information content (AvgIpc) is 3.37. The highest BCUT2D eigenvalue weighted by Crippen LogP contribution is 2.26. The summed E-state index contributed by atoms with van der Waals surface area (Å²) in [5.41, 5.74) is 3.09. The Morgan fingerprint density at radius 3 is 2.68 bits per heavy atom. The monoisotopic (exact) mass is 410 g/mol. The normalized spacial score (nSPS) is 10.8. The van der Waals surface area contributed by atoms with Crippen molar-refractivity contribution < 1.29 is 9.15 Å². The van der Waals surface area contributed by atoms with Crippen LogP contribution in [0.3, 0.4) is 0 Å². The van der Waals surface area contributed by atoms with Gasteiger partial charge in [-0.15, -0.1) is 21.5 Å². The second-order valence-corrected chi connectivity index (χ2v) is 7.69. The van der Waals surface area contributed by atoms with Crippen LogP contribution in [0.4, 0.5) is 10.8 Å². The Kier molecular flexibility index (Phi) is 5.89. The highest BCUT2D eigenvalue weighted by molar-refractivity contribution is 7.98. The molecular weight excluding hydrogens is 392 g/mol. The number of hydrogen-bond donors (Lipinski definition) is 1. The van der Waals surface area contributed by atoms with Gasteiger partial charge in [0.25, 0.3) is 5.22 Å². The van der Waals surface area contributed by atoms with E-state index in [2.05, 4.69) is 20.5 Å². The molecule has 0 radical (unpaired) electrons. The number of rotatable bonds is 8. The summed E-state index contributed by atoms with van der Waals surface area (Å²) in [5.74, 6) is 2.10. The molecule has 0 aliphatic carbocycles. The van der Waals surface area contributed by atoms with E-state index in [-0.39, 0.29) is 0 Å². The van der Waals surface area contributed by atoms with Crippen LogP contribution in [-0.4, -0.2) is 22.3 Å². The molecule has 0 unspecified atom stereocenters. The molecule has 28 heavy (non-hydrogen) atoms. The number of benzene rings is 2. The lowest BCUT2D eigenvalue weighted by molar-refractivity contribution is 0.413. The van der Waals surface area contributed by atoms with E-state index >= 15 is 0 Å². The fourth-order valence-corrected chi connectivity index (χ4v) is 4.01. The minimum Gasteiger partial charge on any atom is -0.497 e. The van der Waals surface area contributed by atoms with Crippen LogP contribution in [-0.2, 0) is 12.2 Å². The quantitative estimate of drug-likeness (QED) is 0.402. The zero-order chi connectivity index (χ0) is 19.2. The number of methoxy groups -OCH3 is 1. The van der Waals surface area contributed by atoms with Gasteiger partial charge in [0.1, 0.15) is 5.75 Å². The number of nitrogens with one attached hydrogen (secondary N) is 1. The molecule has 0 saturated heterocycles. The summed E-state index contributed by atoms with van der Waals surface area (Å²) in [6.07, 6.45) is 0.597. The summed E-state index contributed by atoms with van der Waals surface area (Å²) < 4.78 is 10.9. The number of hydrogen-bond acceptors (Lipinski definition) is 8. The number of para-hydroxylation sites is 1. The molecule has 142 valence electrons. The van der Waals surface area contributed by atoms with Crippen molar-refractivity contribution in [3.05, 3.63) is 77.1 Å². The number of ether oxygens (including phenoxy) is 1. The topological polar surface area (TPSA) is 73.1 Å². The third-order valence-corrected chi connectivity index (χ3v) is 5.54. The summed E-state index contributed by atoms with van der Waals surface area (Å²) in [4.78, 5) is 4.60. The van der Waals surface area contributed by atoms with Crippen molar-refractivity contribution in [3.63, 3.8) is 0 Å². The third kappa shape index (κ3) is 4.90. The second kappa shape index (κ2) is 8.90. The maximum Gasteiger partial charge on any atom is 0.276 e. The van der Waals surface area contributed by atoms with E-state index in [1.807, 2.05) is 60.0 Å². The van der Waals surface area contributed by atoms with Crippen LogP contribution in [0.25, 0.3) is 0 Å². The number of thioether (sulfide) groups is 1. The minimum atomic E-state index is 0.550. The van der Waals surface area contributed by atoms with Crippen LogP contribution < -0.4 is 10.1 Å². The van der Waals surface area contributed by atoms with Crippen molar-refractivity contribution in [2.24, 2.45) is 0 Å². The van der Waals surface area contributed by atoms with E-state index in [1.54, 1.807) is 18.4 Å². The van der Waals surface area contributed by atoms with Gasteiger partial charge < -0.3 is 14.5 Å². The highest BCUT2D eigenvalue weighted by Gasteiger charge is 2.10. The molecule has 2 heterocycles. The largest absolute Gasteiger partial charge is 0.497 e. The molecule has 4 aromatic rings. The maximum atomic E-state index is 5.74. The Morgan fingerprint density at radius 2 is 1.89 bits per heavy atom. The zero-order valence-electron chi connectivity index (χ0n) is 15.2. The van der Waals surface area contributed by atoms with Crippen LogP contribution in [0.2, 0.25) is 0 Å². The van der Waals surface area contributed by atoms with Crippen molar-refractivity contribution in [2.75, 3.05) is 12.4 Å². The zero-order valence-corrected chi connectivity index (χ0v) is 16.8. The smallest absolute Gasteiger partial charge is 0.276 e. The Morgan fingerprint density at radius 1 is 1.07 bits per heavy atom. The van der Waals surface area contributed by atoms with Gasteiger partial charge in [-0.3, -0.25) is 0 Å². The predicted molar refractivity (Wildman–Crippen MR) is 111 cm³/mol. The Bertz CT molecular complexity index is 1020. The molecule has 0 amide bonds. The predicted octanol–water partition coefficient (Wildman–Crippen LogP) is 5.16. The number of nitrogens with zero attached hydrogens (tertiary/aromatic N) is 3. The molecular formula is C20H18N4O2S2. The van der Waals surface area contributed by atoms with E-state index in [0.717, 1.165) is 27.8 Å². The van der Waals surface area contributed by atoms with Crippen LogP contribution in [0.15, 0.2) is 69.6 Å². The summed E-state index contributed by atoms with van der Waals surface area (Å²) in [6.45, 7) is 0. The lowest BCUT2D eigenvalue weighted by Gasteiger charge is -2.00. The van der Waals surface area contributed by atoms with E-state index in [0.29, 0.717) is 23.3 Å². The molecule has 2 aromatic carbocycles. The molecule has 1 N–H and O–H groups in total. The molecule has 4 rings (SSSR count). The third-order valence-electron chi connectivity index (χ3n) is 3.88. The number of aromatic nitrogens is 3. The average molecular weight is 411 g/mol. The summed E-state index contributed by atoms with van der Waals surface area (Å²) >= 11 is 3.06. The highest BCUT2D eigenvalue weighted by atomic mass is 32.2. The Balaban J connectivity index is 1.30. The Hall–Kier alpha value is -2.84. The number of thiazole rings is 1. The van der Waals surface area contributed by atoms with Crippen LogP contribution in [0, 0.1) is 0 Å². The van der Waals surface area contributed by atoms with E-state index in [1.165, 1.54) is 11.8 Å². The van der Waals surface area contributed by atoms with Gasteiger partial charge in [-0.25, -0.2) is 4.98 Å². The van der Waals surface area contributed by atoms with Crippen molar-refractivity contribution >= 4 is 33.9 Å². The molecule has 2 aromatic heterocycles. The molecule has 0 fully saturated rings. The lowest BCUT2D eigenvalue weighted by atomic mass is 10.1. The fraction of sp³-hybridized carbons (Fsp3) is 0.150. The van der Waals surface area contributed by atoms with Gasteiger partial charge in [0.2, 0.25) is 5.89 Å². The van der Waals surface area contributed by atoms with Gasteiger partial charge in [-0.05, 0) is 29.8 Å². The van der Waals surface area contributed by atoms with Crippen molar-refractivity contribution in [3.8, 4) is 5.75 Å². The van der Waals surface area contributed by atoms with Gasteiger partial charge in [-0.2, -0.15) is 0 Å². The molecule has 0 aliphatic heterocycles. The van der Waals surface area contributed by atoms with Crippen molar-refractivity contribution in [1.29, 1.82) is 0 Å². The molecule has 0 bridgehead atoms. The first-order valence-electron chi connectivity index (χ1n) is 8.63. The molecule has 8 heteroatoms. The molecule has 0 aliphatic rings. The summed E-state index contributed by atoms with van der Waals surface area (Å²) in [7, 11) is 1.65. The van der Waals surface area contributed by atoms with E-state index in [9.17, 15) is 0 Å². The minimum absolute atomic E-state index is 0.550. The van der Waals surface area contributed by atoms with E-state index in [4.69, 9.17) is 9.15 Å². The molecule has 6 nitrogen and oxygen atoms in total. The second-order valence-electron chi connectivity index (χ2n) is 5.91. The van der Waals surface area contributed by atoms with Gasteiger partial charge in [0.05, 0.1) is 19.2 Å². The fourth-order valence-electron chi connectivity index (χ4n) is 2.50. The summed E-state index contributed by atoms with van der Waals surface area (Å²) in [6, 6.07) is 17.8. The van der Waals surface area contributed by atoms with Crippen LogP contribution >= 0.6 is 23.1 Å². The van der Waals surface area contributed by atoms with Crippen LogP contribution in [0.1, 0.15) is 17.1 Å². The van der Waals surface area contributed by atoms with Crippen LogP contribution in [0.5, 0.6) is 5.75 Å². The summed E-state index contributed by atoms with van der Waals surface area (Å²) in [5, 5.41) is 15.0. The standard InChI is InChI=1S/C20H18N4O2S2/c1-25-17-9-7-14(8-10-17)11-18-23-24-20(26-18)28-13-16-12-27-19(22-16)21-15-5-3-2-4-6-15/h2-10,12H,11,13H2,1H3,(H,21,22). The SMILES string of the molecule is COc1ccc(Cc2nnc(SCc3csc(Nc4ccccc4)n3)o2)cc1. The van der Waals surface area contributed by atoms with Gasteiger partial charge in [-0.1, -0.05) is 42.1 Å². The first-order valence-corrected chi connectivity index (χ1v) is 10.5. The molecule has 0 spiro atoms. The van der Waals surface area contributed by atoms with Gasteiger partial charge in [0, 0.05) is 16.8 Å².